The third-order valence-corrected chi connectivity index (χ3v) is 6.88. The van der Waals surface area contributed by atoms with Gasteiger partial charge in [-0.1, -0.05) is 17.8 Å². The minimum absolute atomic E-state index is 0.000515. The zero-order valence-corrected chi connectivity index (χ0v) is 20.8. The summed E-state index contributed by atoms with van der Waals surface area (Å²) in [4.78, 5) is 32.5. The largest absolute Gasteiger partial charge is 0.494 e. The van der Waals surface area contributed by atoms with Crippen molar-refractivity contribution in [3.05, 3.63) is 78.1 Å². The number of amidine groups is 1. The van der Waals surface area contributed by atoms with Crippen LogP contribution in [0.1, 0.15) is 18.9 Å². The van der Waals surface area contributed by atoms with E-state index in [1.165, 1.54) is 40.9 Å². The quantitative estimate of drug-likeness (QED) is 0.465. The van der Waals surface area contributed by atoms with Gasteiger partial charge < -0.3 is 19.5 Å². The maximum Gasteiger partial charge on any atom is 0.238 e. The van der Waals surface area contributed by atoms with E-state index >= 15 is 0 Å². The summed E-state index contributed by atoms with van der Waals surface area (Å²) in [6.07, 6.45) is 0.000515. The molecule has 8 nitrogen and oxygen atoms in total. The highest BCUT2D eigenvalue weighted by molar-refractivity contribution is 8.15. The number of ether oxygens (including phenoxy) is 3. The molecule has 1 fully saturated rings. The van der Waals surface area contributed by atoms with Gasteiger partial charge in [-0.15, -0.1) is 0 Å². The minimum atomic E-state index is -0.689. The summed E-state index contributed by atoms with van der Waals surface area (Å²) < 4.78 is 29.7. The highest BCUT2D eigenvalue weighted by Gasteiger charge is 2.36. The summed E-state index contributed by atoms with van der Waals surface area (Å²) in [5.74, 6) is 1.02. The number of halogens is 1. The Bertz CT molecular complexity index is 1330. The molecule has 10 heteroatoms. The van der Waals surface area contributed by atoms with E-state index in [9.17, 15) is 14.0 Å². The third kappa shape index (κ3) is 5.86. The van der Waals surface area contributed by atoms with Gasteiger partial charge in [-0.05, 0) is 73.2 Å². The van der Waals surface area contributed by atoms with Crippen LogP contribution >= 0.6 is 11.8 Å². The summed E-state index contributed by atoms with van der Waals surface area (Å²) in [5, 5.41) is 2.53. The molecule has 0 aliphatic carbocycles. The van der Waals surface area contributed by atoms with E-state index in [2.05, 4.69) is 10.3 Å². The molecule has 2 amide bonds. The van der Waals surface area contributed by atoms with E-state index in [1.807, 2.05) is 19.1 Å². The second-order valence-corrected chi connectivity index (χ2v) is 9.47. The maximum absolute atomic E-state index is 13.4. The Kier molecular flexibility index (Phi) is 7.27. The maximum atomic E-state index is 13.4. The molecule has 0 spiro atoms. The number of rotatable bonds is 7. The molecular formula is C27H24FN3O5S. The Hall–Kier alpha value is -4.05. The van der Waals surface area contributed by atoms with E-state index in [-0.39, 0.29) is 37.4 Å². The van der Waals surface area contributed by atoms with Gasteiger partial charge in [-0.25, -0.2) is 9.38 Å². The number of hydrogen-bond donors (Lipinski definition) is 1. The molecule has 2 heterocycles. The van der Waals surface area contributed by atoms with Crippen molar-refractivity contribution in [3.8, 4) is 17.2 Å². The molecular weight excluding hydrogens is 497 g/mol. The molecule has 0 bridgehead atoms. The van der Waals surface area contributed by atoms with Gasteiger partial charge in [0.1, 0.15) is 16.8 Å². The molecule has 0 radical (unpaired) electrons. The second kappa shape index (κ2) is 10.9. The first-order valence-electron chi connectivity index (χ1n) is 11.7. The zero-order valence-electron chi connectivity index (χ0n) is 20.0. The lowest BCUT2D eigenvalue weighted by Crippen LogP contribution is -2.44. The summed E-state index contributed by atoms with van der Waals surface area (Å²) in [7, 11) is 0. The van der Waals surface area contributed by atoms with Crippen molar-refractivity contribution >= 4 is 40.1 Å². The van der Waals surface area contributed by atoms with Crippen molar-refractivity contribution in [3.63, 3.8) is 0 Å². The Morgan fingerprint density at radius 3 is 2.62 bits per heavy atom. The number of aliphatic imine (C=N–C) groups is 1. The fourth-order valence-corrected chi connectivity index (χ4v) is 4.97. The molecule has 0 aromatic heterocycles. The molecule has 1 N–H and O–H groups in total. The lowest BCUT2D eigenvalue weighted by atomic mass is 10.1. The first kappa shape index (κ1) is 24.6. The van der Waals surface area contributed by atoms with Crippen molar-refractivity contribution in [1.29, 1.82) is 0 Å². The number of carbonyl (C=O) groups excluding carboxylic acids is 2. The van der Waals surface area contributed by atoms with E-state index < -0.39 is 5.25 Å². The van der Waals surface area contributed by atoms with E-state index in [0.29, 0.717) is 40.4 Å². The predicted molar refractivity (Wildman–Crippen MR) is 139 cm³/mol. The highest BCUT2D eigenvalue weighted by atomic mass is 32.2. The monoisotopic (exact) mass is 521 g/mol. The lowest BCUT2D eigenvalue weighted by molar-refractivity contribution is -0.129. The average molecular weight is 522 g/mol. The van der Waals surface area contributed by atoms with Crippen LogP contribution < -0.4 is 19.5 Å². The van der Waals surface area contributed by atoms with Gasteiger partial charge in [0.25, 0.3) is 0 Å². The smallest absolute Gasteiger partial charge is 0.238 e. The predicted octanol–water partition coefficient (Wildman–Crippen LogP) is 5.11. The average Bonchev–Trinajstić information content (AvgIpc) is 3.36. The summed E-state index contributed by atoms with van der Waals surface area (Å²) >= 11 is 1.19. The fourth-order valence-electron chi connectivity index (χ4n) is 3.87. The Morgan fingerprint density at radius 2 is 1.86 bits per heavy atom. The molecule has 2 aliphatic heterocycles. The van der Waals surface area contributed by atoms with E-state index in [4.69, 9.17) is 14.2 Å². The van der Waals surface area contributed by atoms with Gasteiger partial charge >= 0.3 is 0 Å². The molecule has 2 aliphatic rings. The first-order chi connectivity index (χ1) is 18.0. The number of hydrogen-bond acceptors (Lipinski definition) is 7. The van der Waals surface area contributed by atoms with Crippen LogP contribution in [0.4, 0.5) is 15.8 Å². The number of anilines is 1. The minimum Gasteiger partial charge on any atom is -0.494 e. The van der Waals surface area contributed by atoms with E-state index in [0.717, 1.165) is 5.56 Å². The summed E-state index contributed by atoms with van der Waals surface area (Å²) in [5.41, 5.74) is 1.89. The summed E-state index contributed by atoms with van der Waals surface area (Å²) in [6, 6.07) is 18.1. The Balaban J connectivity index is 1.37. The van der Waals surface area contributed by atoms with Crippen molar-refractivity contribution in [2.75, 3.05) is 18.7 Å². The number of nitrogens with zero attached hydrogens (tertiary/aromatic N) is 2. The number of fused-ring (bicyclic) bond motifs is 1. The van der Waals surface area contributed by atoms with Gasteiger partial charge in [0.15, 0.2) is 16.7 Å². The van der Waals surface area contributed by atoms with Gasteiger partial charge in [-0.3, -0.25) is 14.5 Å². The fraction of sp³-hybridized carbons (Fsp3) is 0.222. The van der Waals surface area contributed by atoms with Crippen LogP contribution in [0, 0.1) is 5.82 Å². The van der Waals surface area contributed by atoms with Gasteiger partial charge in [0, 0.05) is 12.1 Å². The van der Waals surface area contributed by atoms with Crippen molar-refractivity contribution in [2.45, 2.75) is 25.1 Å². The second-order valence-electron chi connectivity index (χ2n) is 8.30. The van der Waals surface area contributed by atoms with Crippen LogP contribution in [0.2, 0.25) is 0 Å². The number of thioether (sulfide) groups is 1. The van der Waals surface area contributed by atoms with Crippen LogP contribution in [-0.2, 0) is 16.1 Å². The standard InChI is InChI=1S/C27H24FN3O5S/c1-2-34-21-10-8-19(9-11-21)29-26(33)24-14-25(32)31(15-17-3-12-22-23(13-17)36-16-35-22)27(37-24)30-20-6-4-18(28)5-7-20/h3-13,24H,2,14-16H2,1H3,(H,29,33)/t24-/m0/s1. The Labute approximate surface area is 217 Å². The molecule has 37 heavy (non-hydrogen) atoms. The number of amides is 2. The van der Waals surface area contributed by atoms with Crippen LogP contribution in [0.15, 0.2) is 71.7 Å². The Morgan fingerprint density at radius 1 is 1.11 bits per heavy atom. The van der Waals surface area contributed by atoms with Crippen molar-refractivity contribution in [2.24, 2.45) is 4.99 Å². The van der Waals surface area contributed by atoms with Crippen LogP contribution in [0.5, 0.6) is 17.2 Å². The number of nitrogens with one attached hydrogen (secondary N) is 1. The number of benzene rings is 3. The van der Waals surface area contributed by atoms with Crippen molar-refractivity contribution in [1.82, 2.24) is 4.90 Å². The highest BCUT2D eigenvalue weighted by Crippen LogP contribution is 2.35. The topological polar surface area (TPSA) is 89.5 Å². The molecule has 3 aromatic carbocycles. The van der Waals surface area contributed by atoms with Gasteiger partial charge in [0.05, 0.1) is 18.8 Å². The molecule has 1 atom stereocenters. The van der Waals surface area contributed by atoms with Gasteiger partial charge in [-0.2, -0.15) is 0 Å². The third-order valence-electron chi connectivity index (χ3n) is 5.69. The lowest BCUT2D eigenvalue weighted by Gasteiger charge is -2.32. The zero-order chi connectivity index (χ0) is 25.8. The SMILES string of the molecule is CCOc1ccc(NC(=O)[C@@H]2CC(=O)N(Cc3ccc4c(c3)OCO4)C(=Nc3ccc(F)cc3)S2)cc1. The van der Waals surface area contributed by atoms with Crippen LogP contribution in [0.3, 0.4) is 0 Å². The molecule has 1 saturated heterocycles. The molecule has 0 unspecified atom stereocenters. The van der Waals surface area contributed by atoms with Crippen molar-refractivity contribution < 1.29 is 28.2 Å². The summed E-state index contributed by atoms with van der Waals surface area (Å²) in [6.45, 7) is 2.83. The molecule has 3 aromatic rings. The number of carbonyl (C=O) groups is 2. The van der Waals surface area contributed by atoms with Crippen LogP contribution in [0.25, 0.3) is 0 Å². The molecule has 0 saturated carbocycles. The molecule has 190 valence electrons. The molecule has 5 rings (SSSR count). The van der Waals surface area contributed by atoms with E-state index in [1.54, 1.807) is 30.3 Å². The normalized spacial score (nSPS) is 17.7. The van der Waals surface area contributed by atoms with Crippen LogP contribution in [-0.4, -0.2) is 40.5 Å². The first-order valence-corrected chi connectivity index (χ1v) is 12.6. The van der Waals surface area contributed by atoms with Gasteiger partial charge in [0.2, 0.25) is 18.6 Å².